The second-order valence-electron chi connectivity index (χ2n) is 4.95. The molecule has 0 fully saturated rings. The molecule has 2 aromatic rings. The van der Waals surface area contributed by atoms with Crippen molar-refractivity contribution in [3.63, 3.8) is 0 Å². The van der Waals surface area contributed by atoms with Crippen molar-refractivity contribution < 1.29 is 0 Å². The molecule has 3 rings (SSSR count). The predicted octanol–water partition coefficient (Wildman–Crippen LogP) is 3.06. The Morgan fingerprint density at radius 2 is 2.33 bits per heavy atom. The highest BCUT2D eigenvalue weighted by Gasteiger charge is 2.24. The summed E-state index contributed by atoms with van der Waals surface area (Å²) < 4.78 is 0. The zero-order chi connectivity index (χ0) is 12.5. The molecule has 1 N–H and O–H groups in total. The summed E-state index contributed by atoms with van der Waals surface area (Å²) in [6.45, 7) is 2.06. The third kappa shape index (κ3) is 2.05. The minimum absolute atomic E-state index is 0.522. The van der Waals surface area contributed by atoms with E-state index in [2.05, 4.69) is 34.5 Å². The van der Waals surface area contributed by atoms with Gasteiger partial charge in [0.25, 0.3) is 0 Å². The van der Waals surface area contributed by atoms with Crippen molar-refractivity contribution in [2.75, 3.05) is 0 Å². The van der Waals surface area contributed by atoms with Gasteiger partial charge in [-0.25, -0.2) is 4.98 Å². The van der Waals surface area contributed by atoms with Crippen LogP contribution in [0.2, 0.25) is 0 Å². The molecule has 0 radical (unpaired) electrons. The molecule has 3 nitrogen and oxygen atoms in total. The number of imidazole rings is 1. The standard InChI is InChI=1S/C14H17N3S/c1-9-12(17-8-16-9)7-10-3-2-4-11-14(10)13(18)5-6-15-11/h5-6,8,10H,2-4,7H2,1H3,(H,15,18)(H,16,17). The van der Waals surface area contributed by atoms with Crippen molar-refractivity contribution in [3.05, 3.63) is 41.2 Å². The predicted molar refractivity (Wildman–Crippen MR) is 74.2 cm³/mol. The number of nitrogens with zero attached hydrogens (tertiary/aromatic N) is 2. The number of H-pyrrole nitrogens is 1. The molecule has 0 bridgehead atoms. The van der Waals surface area contributed by atoms with Crippen LogP contribution in [0.25, 0.3) is 0 Å². The van der Waals surface area contributed by atoms with Crippen LogP contribution < -0.4 is 0 Å². The molecule has 94 valence electrons. The highest BCUT2D eigenvalue weighted by atomic mass is 32.1. The minimum Gasteiger partial charge on any atom is -0.348 e. The number of pyridine rings is 1. The van der Waals surface area contributed by atoms with E-state index in [-0.39, 0.29) is 0 Å². The topological polar surface area (TPSA) is 41.6 Å². The van der Waals surface area contributed by atoms with Crippen LogP contribution >= 0.6 is 12.6 Å². The highest BCUT2D eigenvalue weighted by Crippen LogP contribution is 2.36. The fourth-order valence-corrected chi connectivity index (χ4v) is 3.23. The maximum atomic E-state index is 4.61. The molecule has 0 saturated heterocycles. The SMILES string of the molecule is Cc1nc[nH]c1CC1CCCc2nccc(S)c21. The molecule has 0 amide bonds. The first-order chi connectivity index (χ1) is 8.75. The summed E-state index contributed by atoms with van der Waals surface area (Å²) >= 11 is 4.61. The van der Waals surface area contributed by atoms with Crippen LogP contribution in [-0.4, -0.2) is 15.0 Å². The smallest absolute Gasteiger partial charge is 0.0925 e. The first-order valence-electron chi connectivity index (χ1n) is 6.41. The van der Waals surface area contributed by atoms with Crippen molar-refractivity contribution >= 4 is 12.6 Å². The second kappa shape index (κ2) is 4.76. The lowest BCUT2D eigenvalue weighted by molar-refractivity contribution is 0.528. The van der Waals surface area contributed by atoms with Crippen molar-refractivity contribution in [1.29, 1.82) is 0 Å². The fraction of sp³-hybridized carbons (Fsp3) is 0.429. The zero-order valence-electron chi connectivity index (χ0n) is 10.5. The molecule has 0 aliphatic heterocycles. The van der Waals surface area contributed by atoms with Gasteiger partial charge in [0.2, 0.25) is 0 Å². The van der Waals surface area contributed by atoms with E-state index in [1.165, 1.54) is 29.8 Å². The largest absolute Gasteiger partial charge is 0.348 e. The van der Waals surface area contributed by atoms with Gasteiger partial charge in [-0.05, 0) is 50.2 Å². The summed E-state index contributed by atoms with van der Waals surface area (Å²) in [7, 11) is 0. The van der Waals surface area contributed by atoms with Gasteiger partial charge in [0.05, 0.1) is 12.0 Å². The van der Waals surface area contributed by atoms with E-state index in [4.69, 9.17) is 0 Å². The van der Waals surface area contributed by atoms with Crippen molar-refractivity contribution in [2.24, 2.45) is 0 Å². The van der Waals surface area contributed by atoms with E-state index < -0.39 is 0 Å². The number of nitrogens with one attached hydrogen (secondary N) is 1. The average molecular weight is 259 g/mol. The molecule has 2 heterocycles. The van der Waals surface area contributed by atoms with Crippen LogP contribution in [0.1, 0.15) is 41.4 Å². The summed E-state index contributed by atoms with van der Waals surface area (Å²) in [5.74, 6) is 0.522. The fourth-order valence-electron chi connectivity index (χ4n) is 2.86. The van der Waals surface area contributed by atoms with Crippen molar-refractivity contribution in [1.82, 2.24) is 15.0 Å². The molecule has 18 heavy (non-hydrogen) atoms. The van der Waals surface area contributed by atoms with Gasteiger partial charge in [-0.1, -0.05) is 0 Å². The van der Waals surface area contributed by atoms with Gasteiger partial charge in [-0.15, -0.1) is 12.6 Å². The number of fused-ring (bicyclic) bond motifs is 1. The molecule has 1 aliphatic rings. The summed E-state index contributed by atoms with van der Waals surface area (Å²) in [6, 6.07) is 2.00. The van der Waals surface area contributed by atoms with E-state index in [0.717, 1.165) is 23.4 Å². The van der Waals surface area contributed by atoms with E-state index in [1.54, 1.807) is 6.33 Å². The maximum absolute atomic E-state index is 4.61. The number of aryl methyl sites for hydroxylation is 2. The molecule has 4 heteroatoms. The Bertz CT molecular complexity index is 562. The molecular formula is C14H17N3S. The van der Waals surface area contributed by atoms with Gasteiger partial charge in [-0.2, -0.15) is 0 Å². The van der Waals surface area contributed by atoms with Crippen LogP contribution in [0.15, 0.2) is 23.5 Å². The van der Waals surface area contributed by atoms with Crippen LogP contribution in [0, 0.1) is 6.92 Å². The van der Waals surface area contributed by atoms with E-state index in [9.17, 15) is 0 Å². The third-order valence-corrected chi connectivity index (χ3v) is 4.20. The summed E-state index contributed by atoms with van der Waals surface area (Å²) in [6.07, 6.45) is 8.17. The second-order valence-corrected chi connectivity index (χ2v) is 5.43. The Kier molecular flexibility index (Phi) is 3.12. The lowest BCUT2D eigenvalue weighted by Crippen LogP contribution is -2.15. The first-order valence-corrected chi connectivity index (χ1v) is 6.86. The minimum atomic E-state index is 0.522. The maximum Gasteiger partial charge on any atom is 0.0925 e. The molecule has 1 atom stereocenters. The van der Waals surface area contributed by atoms with Crippen LogP contribution in [0.5, 0.6) is 0 Å². The van der Waals surface area contributed by atoms with Crippen LogP contribution in [-0.2, 0) is 12.8 Å². The molecule has 0 spiro atoms. The number of aromatic nitrogens is 3. The molecular weight excluding hydrogens is 242 g/mol. The summed E-state index contributed by atoms with van der Waals surface area (Å²) in [4.78, 5) is 13.1. The first kappa shape index (κ1) is 11.8. The monoisotopic (exact) mass is 259 g/mol. The molecule has 1 unspecified atom stereocenters. The van der Waals surface area contributed by atoms with Gasteiger partial charge < -0.3 is 4.98 Å². The van der Waals surface area contributed by atoms with E-state index in [0.29, 0.717) is 5.92 Å². The van der Waals surface area contributed by atoms with Gasteiger partial charge in [0.15, 0.2) is 0 Å². The number of aromatic amines is 1. The van der Waals surface area contributed by atoms with Crippen molar-refractivity contribution in [2.45, 2.75) is 43.4 Å². The highest BCUT2D eigenvalue weighted by molar-refractivity contribution is 7.80. The average Bonchev–Trinajstić information content (AvgIpc) is 2.76. The Morgan fingerprint density at radius 1 is 1.44 bits per heavy atom. The van der Waals surface area contributed by atoms with Crippen LogP contribution in [0.4, 0.5) is 0 Å². The van der Waals surface area contributed by atoms with Gasteiger partial charge in [0.1, 0.15) is 0 Å². The Balaban J connectivity index is 1.94. The lowest BCUT2D eigenvalue weighted by Gasteiger charge is -2.25. The molecule has 2 aromatic heterocycles. The summed E-state index contributed by atoms with van der Waals surface area (Å²) in [5, 5.41) is 0. The Labute approximate surface area is 112 Å². The van der Waals surface area contributed by atoms with E-state index in [1.807, 2.05) is 12.3 Å². The number of hydrogen-bond donors (Lipinski definition) is 2. The van der Waals surface area contributed by atoms with E-state index >= 15 is 0 Å². The van der Waals surface area contributed by atoms with Gasteiger partial charge >= 0.3 is 0 Å². The Hall–Kier alpha value is -1.29. The van der Waals surface area contributed by atoms with Crippen LogP contribution in [0.3, 0.4) is 0 Å². The third-order valence-electron chi connectivity index (χ3n) is 3.81. The Morgan fingerprint density at radius 3 is 3.11 bits per heavy atom. The molecule has 1 aliphatic carbocycles. The zero-order valence-corrected chi connectivity index (χ0v) is 11.4. The summed E-state index contributed by atoms with van der Waals surface area (Å²) in [5.41, 5.74) is 4.92. The number of hydrogen-bond acceptors (Lipinski definition) is 3. The number of thiol groups is 1. The lowest BCUT2D eigenvalue weighted by atomic mass is 9.82. The normalized spacial score (nSPS) is 18.7. The van der Waals surface area contributed by atoms with Gasteiger partial charge in [-0.3, -0.25) is 4.98 Å². The molecule has 0 aromatic carbocycles. The van der Waals surface area contributed by atoms with Gasteiger partial charge in [0, 0.05) is 22.5 Å². The van der Waals surface area contributed by atoms with Crippen molar-refractivity contribution in [3.8, 4) is 0 Å². The molecule has 0 saturated carbocycles. The quantitative estimate of drug-likeness (QED) is 0.814. The number of rotatable bonds is 2.